The summed E-state index contributed by atoms with van der Waals surface area (Å²) in [4.78, 5) is 13.1. The summed E-state index contributed by atoms with van der Waals surface area (Å²) in [6.45, 7) is 2.96. The molecule has 1 aromatic rings. The van der Waals surface area contributed by atoms with Crippen molar-refractivity contribution < 1.29 is 4.92 Å². The first-order valence-electron chi connectivity index (χ1n) is 7.53. The topological polar surface area (TPSA) is 58.4 Å². The van der Waals surface area contributed by atoms with E-state index >= 15 is 0 Å². The van der Waals surface area contributed by atoms with Crippen LogP contribution in [0.4, 0.5) is 5.69 Å². The number of nitrogens with zero attached hydrogens (tertiary/aromatic N) is 2. The van der Waals surface area contributed by atoms with Crippen molar-refractivity contribution >= 4 is 21.6 Å². The fraction of sp³-hybridized carbons (Fsp3) is 0.600. The maximum atomic E-state index is 11.0. The van der Waals surface area contributed by atoms with Crippen molar-refractivity contribution in [1.29, 1.82) is 0 Å². The van der Waals surface area contributed by atoms with E-state index in [4.69, 9.17) is 0 Å². The van der Waals surface area contributed by atoms with Gasteiger partial charge in [-0.2, -0.15) is 0 Å². The van der Waals surface area contributed by atoms with Crippen molar-refractivity contribution in [3.63, 3.8) is 0 Å². The van der Waals surface area contributed by atoms with Crippen LogP contribution in [0, 0.1) is 10.1 Å². The highest BCUT2D eigenvalue weighted by molar-refractivity contribution is 9.10. The van der Waals surface area contributed by atoms with E-state index in [1.165, 1.54) is 25.7 Å². The smallest absolute Gasteiger partial charge is 0.270 e. The maximum absolute atomic E-state index is 11.0. The molecule has 21 heavy (non-hydrogen) atoms. The molecule has 1 saturated carbocycles. The molecule has 1 aliphatic carbocycles. The maximum Gasteiger partial charge on any atom is 0.270 e. The van der Waals surface area contributed by atoms with Crippen LogP contribution in [0.2, 0.25) is 0 Å². The number of nitro benzene ring substituents is 1. The van der Waals surface area contributed by atoms with Crippen molar-refractivity contribution in [3.05, 3.63) is 38.3 Å². The molecule has 2 aliphatic rings. The SMILES string of the molecule is O=[N+]([O-])c1cc(Br)cc(CN(CC2CCCN2)C2CC2)c1. The second kappa shape index (κ2) is 6.42. The summed E-state index contributed by atoms with van der Waals surface area (Å²) in [7, 11) is 0. The zero-order valence-corrected chi connectivity index (χ0v) is 13.5. The molecule has 1 N–H and O–H groups in total. The van der Waals surface area contributed by atoms with Gasteiger partial charge in [-0.25, -0.2) is 0 Å². The number of rotatable bonds is 6. The number of halogens is 1. The molecule has 0 spiro atoms. The number of non-ortho nitro benzene ring substituents is 1. The Morgan fingerprint density at radius 2 is 2.14 bits per heavy atom. The second-order valence-corrected chi connectivity index (χ2v) is 6.94. The first-order valence-corrected chi connectivity index (χ1v) is 8.32. The molecule has 0 bridgehead atoms. The third-order valence-electron chi connectivity index (χ3n) is 4.22. The molecule has 1 aromatic carbocycles. The van der Waals surface area contributed by atoms with Crippen molar-refractivity contribution in [2.45, 2.75) is 44.3 Å². The quantitative estimate of drug-likeness (QED) is 0.630. The zero-order valence-electron chi connectivity index (χ0n) is 11.9. The van der Waals surface area contributed by atoms with E-state index in [1.807, 2.05) is 6.07 Å². The van der Waals surface area contributed by atoms with Crippen LogP contribution in [0.5, 0.6) is 0 Å². The summed E-state index contributed by atoms with van der Waals surface area (Å²) >= 11 is 3.38. The van der Waals surface area contributed by atoms with Gasteiger partial charge in [-0.05, 0) is 43.9 Å². The van der Waals surface area contributed by atoms with Gasteiger partial charge in [0.05, 0.1) is 4.92 Å². The van der Waals surface area contributed by atoms with Gasteiger partial charge in [-0.1, -0.05) is 15.9 Å². The number of nitro groups is 1. The molecule has 0 aromatic heterocycles. The van der Waals surface area contributed by atoms with E-state index in [1.54, 1.807) is 12.1 Å². The minimum Gasteiger partial charge on any atom is -0.313 e. The molecule has 2 fully saturated rings. The van der Waals surface area contributed by atoms with Crippen LogP contribution in [-0.4, -0.2) is 35.0 Å². The highest BCUT2D eigenvalue weighted by Crippen LogP contribution is 2.30. The Morgan fingerprint density at radius 1 is 1.33 bits per heavy atom. The van der Waals surface area contributed by atoms with Crippen LogP contribution in [0.3, 0.4) is 0 Å². The van der Waals surface area contributed by atoms with Gasteiger partial charge in [-0.3, -0.25) is 15.0 Å². The lowest BCUT2D eigenvalue weighted by molar-refractivity contribution is -0.385. The van der Waals surface area contributed by atoms with Gasteiger partial charge in [0.25, 0.3) is 5.69 Å². The van der Waals surface area contributed by atoms with Crippen molar-refractivity contribution in [2.75, 3.05) is 13.1 Å². The van der Waals surface area contributed by atoms with Gasteiger partial charge in [0, 0.05) is 41.8 Å². The van der Waals surface area contributed by atoms with E-state index in [0.29, 0.717) is 12.1 Å². The molecule has 1 heterocycles. The van der Waals surface area contributed by atoms with Crippen molar-refractivity contribution in [1.82, 2.24) is 10.2 Å². The third-order valence-corrected chi connectivity index (χ3v) is 4.68. The van der Waals surface area contributed by atoms with Gasteiger partial charge in [0.15, 0.2) is 0 Å². The number of nitrogens with one attached hydrogen (secondary N) is 1. The van der Waals surface area contributed by atoms with Gasteiger partial charge in [-0.15, -0.1) is 0 Å². The highest BCUT2D eigenvalue weighted by atomic mass is 79.9. The van der Waals surface area contributed by atoms with Gasteiger partial charge >= 0.3 is 0 Å². The molecule has 0 radical (unpaired) electrons. The van der Waals surface area contributed by atoms with Crippen LogP contribution in [-0.2, 0) is 6.54 Å². The lowest BCUT2D eigenvalue weighted by atomic mass is 10.1. The molecule has 1 unspecified atom stereocenters. The molecule has 0 amide bonds. The van der Waals surface area contributed by atoms with E-state index in [0.717, 1.165) is 29.7 Å². The third kappa shape index (κ3) is 4.02. The number of benzene rings is 1. The summed E-state index contributed by atoms with van der Waals surface area (Å²) in [5.41, 5.74) is 1.18. The van der Waals surface area contributed by atoms with Crippen LogP contribution in [0.1, 0.15) is 31.2 Å². The molecular weight excluding hydrogens is 334 g/mol. The van der Waals surface area contributed by atoms with Crippen LogP contribution < -0.4 is 5.32 Å². The molecule has 114 valence electrons. The Labute approximate surface area is 133 Å². The Balaban J connectivity index is 1.71. The standard InChI is InChI=1S/C15H20BrN3O2/c16-12-6-11(7-15(8-12)19(20)21)9-18(14-3-4-14)10-13-2-1-5-17-13/h6-8,13-14,17H,1-5,9-10H2. The second-order valence-electron chi connectivity index (χ2n) is 6.03. The van der Waals surface area contributed by atoms with Crippen molar-refractivity contribution in [3.8, 4) is 0 Å². The predicted molar refractivity (Wildman–Crippen MR) is 85.3 cm³/mol. The summed E-state index contributed by atoms with van der Waals surface area (Å²) in [5, 5.41) is 14.5. The Bertz CT molecular complexity index is 528. The summed E-state index contributed by atoms with van der Waals surface area (Å²) in [6.07, 6.45) is 5.00. The molecule has 6 heteroatoms. The molecule has 1 saturated heterocycles. The van der Waals surface area contributed by atoms with E-state index in [-0.39, 0.29) is 10.6 Å². The summed E-state index contributed by atoms with van der Waals surface area (Å²) < 4.78 is 0.779. The van der Waals surface area contributed by atoms with E-state index in [9.17, 15) is 10.1 Å². The molecule has 5 nitrogen and oxygen atoms in total. The predicted octanol–water partition coefficient (Wildman–Crippen LogP) is 3.07. The number of hydrogen-bond donors (Lipinski definition) is 1. The normalized spacial score (nSPS) is 21.9. The Kier molecular flexibility index (Phi) is 4.57. The van der Waals surface area contributed by atoms with E-state index in [2.05, 4.69) is 26.1 Å². The fourth-order valence-corrected chi connectivity index (χ4v) is 3.57. The van der Waals surface area contributed by atoms with Gasteiger partial charge in [0.2, 0.25) is 0 Å². The van der Waals surface area contributed by atoms with Gasteiger partial charge < -0.3 is 5.32 Å². The highest BCUT2D eigenvalue weighted by Gasteiger charge is 2.31. The fourth-order valence-electron chi connectivity index (χ4n) is 3.04. The van der Waals surface area contributed by atoms with Crippen LogP contribution in [0.25, 0.3) is 0 Å². The molecule has 1 atom stereocenters. The monoisotopic (exact) mass is 353 g/mol. The Morgan fingerprint density at radius 3 is 2.76 bits per heavy atom. The first-order chi connectivity index (χ1) is 10.1. The van der Waals surface area contributed by atoms with Gasteiger partial charge in [0.1, 0.15) is 0 Å². The number of hydrogen-bond acceptors (Lipinski definition) is 4. The average molecular weight is 354 g/mol. The lowest BCUT2D eigenvalue weighted by Gasteiger charge is -2.25. The molecule has 3 rings (SSSR count). The molecular formula is C15H20BrN3O2. The lowest BCUT2D eigenvalue weighted by Crippen LogP contribution is -2.38. The minimum absolute atomic E-state index is 0.161. The van der Waals surface area contributed by atoms with E-state index < -0.39 is 0 Å². The molecule has 1 aliphatic heterocycles. The Hall–Kier alpha value is -0.980. The van der Waals surface area contributed by atoms with Crippen molar-refractivity contribution in [2.24, 2.45) is 0 Å². The largest absolute Gasteiger partial charge is 0.313 e. The van der Waals surface area contributed by atoms with Crippen LogP contribution >= 0.6 is 15.9 Å². The first kappa shape index (κ1) is 14.9. The summed E-state index contributed by atoms with van der Waals surface area (Å²) in [6, 6.07) is 6.48. The zero-order chi connectivity index (χ0) is 14.8. The summed E-state index contributed by atoms with van der Waals surface area (Å²) in [5.74, 6) is 0. The average Bonchev–Trinajstić information content (AvgIpc) is 3.16. The van der Waals surface area contributed by atoms with Crippen LogP contribution in [0.15, 0.2) is 22.7 Å². The minimum atomic E-state index is -0.325.